The van der Waals surface area contributed by atoms with Crippen LogP contribution in [0.3, 0.4) is 0 Å². The van der Waals surface area contributed by atoms with Crippen LogP contribution in [0.4, 0.5) is 0 Å². The molecule has 0 amide bonds. The van der Waals surface area contributed by atoms with Gasteiger partial charge >= 0.3 is 0 Å². The first-order chi connectivity index (χ1) is 9.68. The van der Waals surface area contributed by atoms with Crippen LogP contribution in [0, 0.1) is 5.92 Å². The maximum absolute atomic E-state index is 10.4. The zero-order valence-corrected chi connectivity index (χ0v) is 15.7. The summed E-state index contributed by atoms with van der Waals surface area (Å²) in [6.45, 7) is 15.6. The molecule has 2 N–H and O–H groups in total. The Labute approximate surface area is 131 Å². The molecule has 0 aromatic carbocycles. The molecule has 1 rings (SSSR count). The number of ether oxygens (including phenoxy) is 1. The minimum Gasteiger partial charge on any atom is -0.413 e. The molecule has 21 heavy (non-hydrogen) atoms. The summed E-state index contributed by atoms with van der Waals surface area (Å²) in [7, 11) is -1.96. The lowest BCUT2D eigenvalue weighted by molar-refractivity contribution is 0.0134. The van der Waals surface area contributed by atoms with Gasteiger partial charge in [0.1, 0.15) is 0 Å². The van der Waals surface area contributed by atoms with Crippen molar-refractivity contribution in [2.24, 2.45) is 5.92 Å². The molecular weight excluding hydrogens is 284 g/mol. The van der Waals surface area contributed by atoms with Crippen LogP contribution in [-0.2, 0) is 9.16 Å². The predicted molar refractivity (Wildman–Crippen MR) is 87.9 cm³/mol. The third-order valence-corrected chi connectivity index (χ3v) is 11.2. The number of epoxide rings is 1. The smallest absolute Gasteiger partial charge is 0.200 e. The molecule has 0 saturated carbocycles. The number of rotatable bonds is 9. The molecule has 0 spiro atoms. The van der Waals surface area contributed by atoms with Crippen LogP contribution in [0.25, 0.3) is 0 Å². The van der Waals surface area contributed by atoms with Gasteiger partial charge in [-0.3, -0.25) is 0 Å². The molecule has 0 aromatic rings. The van der Waals surface area contributed by atoms with Crippen molar-refractivity contribution < 1.29 is 19.4 Å². The minimum absolute atomic E-state index is 0.0261. The van der Waals surface area contributed by atoms with Crippen LogP contribution in [0.2, 0.25) is 16.6 Å². The molecule has 1 heterocycles. The fourth-order valence-corrected chi connectivity index (χ4v) is 9.41. The van der Waals surface area contributed by atoms with E-state index in [-0.39, 0.29) is 24.7 Å². The highest BCUT2D eigenvalue weighted by molar-refractivity contribution is 6.77. The van der Waals surface area contributed by atoms with Crippen molar-refractivity contribution >= 4 is 8.32 Å². The Kier molecular flexibility index (Phi) is 6.87. The first-order valence-corrected chi connectivity index (χ1v) is 10.4. The van der Waals surface area contributed by atoms with Crippen LogP contribution in [0.15, 0.2) is 0 Å². The molecular formula is C16H34O4Si. The molecule has 0 aliphatic carbocycles. The van der Waals surface area contributed by atoms with Gasteiger partial charge in [0.2, 0.25) is 0 Å². The van der Waals surface area contributed by atoms with E-state index in [0.717, 1.165) is 0 Å². The lowest BCUT2D eigenvalue weighted by Crippen LogP contribution is -2.50. The van der Waals surface area contributed by atoms with Gasteiger partial charge in [-0.1, -0.05) is 41.5 Å². The van der Waals surface area contributed by atoms with Crippen LogP contribution in [-0.4, -0.2) is 50.1 Å². The second kappa shape index (κ2) is 7.55. The SMILES string of the molecule is CC(C)[Si](OC[C@H](O)[C@@H](CO)[C@@H]1O[C@@H]1C)(C(C)C)C(C)C. The van der Waals surface area contributed by atoms with Gasteiger partial charge in [-0.2, -0.15) is 0 Å². The molecule has 0 bridgehead atoms. The Balaban J connectivity index is 2.72. The second-order valence-corrected chi connectivity index (χ2v) is 12.8. The fourth-order valence-electron chi connectivity index (χ4n) is 3.95. The van der Waals surface area contributed by atoms with Gasteiger partial charge in [0.15, 0.2) is 8.32 Å². The van der Waals surface area contributed by atoms with E-state index in [1.807, 2.05) is 6.92 Å². The summed E-state index contributed by atoms with van der Waals surface area (Å²) in [5.74, 6) is -0.238. The van der Waals surface area contributed by atoms with Crippen molar-refractivity contribution in [2.75, 3.05) is 13.2 Å². The van der Waals surface area contributed by atoms with E-state index < -0.39 is 14.4 Å². The van der Waals surface area contributed by atoms with Crippen LogP contribution in [0.1, 0.15) is 48.5 Å². The van der Waals surface area contributed by atoms with Gasteiger partial charge in [-0.05, 0) is 23.5 Å². The average Bonchev–Trinajstić information content (AvgIpc) is 3.06. The van der Waals surface area contributed by atoms with E-state index in [1.165, 1.54) is 0 Å². The summed E-state index contributed by atoms with van der Waals surface area (Å²) in [5, 5.41) is 19.9. The Hall–Kier alpha value is 0.0569. The highest BCUT2D eigenvalue weighted by atomic mass is 28.4. The van der Waals surface area contributed by atoms with Crippen molar-refractivity contribution in [3.8, 4) is 0 Å². The summed E-state index contributed by atoms with van der Waals surface area (Å²) in [6, 6.07) is 0. The van der Waals surface area contributed by atoms with Gasteiger partial charge < -0.3 is 19.4 Å². The molecule has 1 fully saturated rings. The summed E-state index contributed by atoms with van der Waals surface area (Å²) >= 11 is 0. The zero-order valence-electron chi connectivity index (χ0n) is 14.7. The predicted octanol–water partition coefficient (Wildman–Crippen LogP) is 2.94. The topological polar surface area (TPSA) is 62.2 Å². The highest BCUT2D eigenvalue weighted by Crippen LogP contribution is 2.42. The van der Waals surface area contributed by atoms with E-state index in [0.29, 0.717) is 23.2 Å². The number of aliphatic hydroxyl groups excluding tert-OH is 2. The normalized spacial score (nSPS) is 25.7. The van der Waals surface area contributed by atoms with Crippen molar-refractivity contribution in [3.05, 3.63) is 0 Å². The molecule has 4 atom stereocenters. The first kappa shape index (κ1) is 19.1. The second-order valence-electron chi connectivity index (χ2n) is 7.35. The van der Waals surface area contributed by atoms with E-state index in [2.05, 4.69) is 41.5 Å². The van der Waals surface area contributed by atoms with E-state index in [4.69, 9.17) is 9.16 Å². The maximum Gasteiger partial charge on any atom is 0.200 e. The van der Waals surface area contributed by atoms with Crippen molar-refractivity contribution in [3.63, 3.8) is 0 Å². The Morgan fingerprint density at radius 2 is 1.48 bits per heavy atom. The Morgan fingerprint density at radius 1 is 1.05 bits per heavy atom. The van der Waals surface area contributed by atoms with Gasteiger partial charge in [-0.15, -0.1) is 0 Å². The molecule has 1 aliphatic rings. The summed E-state index contributed by atoms with van der Waals surface area (Å²) in [6.07, 6.45) is -0.547. The lowest BCUT2D eigenvalue weighted by atomic mass is 9.98. The Bertz CT molecular complexity index is 298. The minimum atomic E-state index is -1.96. The van der Waals surface area contributed by atoms with E-state index in [9.17, 15) is 10.2 Å². The van der Waals surface area contributed by atoms with E-state index in [1.54, 1.807) is 0 Å². The highest BCUT2D eigenvalue weighted by Gasteiger charge is 2.48. The number of aliphatic hydroxyl groups is 2. The van der Waals surface area contributed by atoms with Gasteiger partial charge in [-0.25, -0.2) is 0 Å². The van der Waals surface area contributed by atoms with Crippen molar-refractivity contribution in [2.45, 2.75) is 83.4 Å². The zero-order chi connectivity index (χ0) is 16.4. The standard InChI is InChI=1S/C16H34O4Si/c1-10(2)21(11(3)4,12(5)6)19-9-15(18)14(8-17)16-13(7)20-16/h10-18H,8-9H2,1-7H3/t13-,14-,15+,16-/m1/s1. The summed E-state index contributed by atoms with van der Waals surface area (Å²) in [5.41, 5.74) is 1.48. The molecule has 0 aromatic heterocycles. The molecule has 126 valence electrons. The van der Waals surface area contributed by atoms with Crippen LogP contribution < -0.4 is 0 Å². The van der Waals surface area contributed by atoms with E-state index >= 15 is 0 Å². The quantitative estimate of drug-likeness (QED) is 0.507. The first-order valence-electron chi connectivity index (χ1n) is 8.26. The van der Waals surface area contributed by atoms with Gasteiger partial charge in [0.05, 0.1) is 31.5 Å². The lowest BCUT2D eigenvalue weighted by Gasteiger charge is -2.43. The Morgan fingerprint density at radius 3 is 1.76 bits per heavy atom. The molecule has 1 saturated heterocycles. The molecule has 4 nitrogen and oxygen atoms in total. The molecule has 0 unspecified atom stereocenters. The van der Waals surface area contributed by atoms with Crippen molar-refractivity contribution in [1.29, 1.82) is 0 Å². The molecule has 1 aliphatic heterocycles. The number of hydrogen-bond acceptors (Lipinski definition) is 4. The third kappa shape index (κ3) is 4.08. The monoisotopic (exact) mass is 318 g/mol. The van der Waals surface area contributed by atoms with Crippen LogP contribution in [0.5, 0.6) is 0 Å². The molecule has 0 radical (unpaired) electrons. The van der Waals surface area contributed by atoms with Crippen molar-refractivity contribution in [1.82, 2.24) is 0 Å². The average molecular weight is 319 g/mol. The fraction of sp³-hybridized carbons (Fsp3) is 1.00. The molecule has 5 heteroatoms. The van der Waals surface area contributed by atoms with Crippen LogP contribution >= 0.6 is 0 Å². The maximum atomic E-state index is 10.4. The van der Waals surface area contributed by atoms with Gasteiger partial charge in [0, 0.05) is 5.92 Å². The number of hydrogen-bond donors (Lipinski definition) is 2. The summed E-state index contributed by atoms with van der Waals surface area (Å²) < 4.78 is 11.8. The largest absolute Gasteiger partial charge is 0.413 e. The summed E-state index contributed by atoms with van der Waals surface area (Å²) in [4.78, 5) is 0. The third-order valence-electron chi connectivity index (χ3n) is 5.10. The van der Waals surface area contributed by atoms with Gasteiger partial charge in [0.25, 0.3) is 0 Å².